The molecule has 1 aliphatic rings. The summed E-state index contributed by atoms with van der Waals surface area (Å²) >= 11 is 0. The molecule has 2 aromatic rings. The van der Waals surface area contributed by atoms with E-state index in [2.05, 4.69) is 15.5 Å². The number of carboxylic acid groups (broad SMARTS) is 1. The van der Waals surface area contributed by atoms with Crippen LogP contribution in [0.2, 0.25) is 0 Å². The fourth-order valence-electron chi connectivity index (χ4n) is 2.32. The molecular formula is C13H11N3O3. The Morgan fingerprint density at radius 1 is 1.42 bits per heavy atom. The maximum atomic E-state index is 11.3. The highest BCUT2D eigenvalue weighted by atomic mass is 16.4. The first-order valence-corrected chi connectivity index (χ1v) is 5.77. The lowest BCUT2D eigenvalue weighted by molar-refractivity contribution is -0.115. The zero-order valence-electron chi connectivity index (χ0n) is 10.2. The molecule has 2 heterocycles. The van der Waals surface area contributed by atoms with Crippen LogP contribution in [-0.2, 0) is 11.2 Å². The van der Waals surface area contributed by atoms with Crippen molar-refractivity contribution in [2.75, 3.05) is 5.32 Å². The first-order valence-electron chi connectivity index (χ1n) is 5.77. The number of carbonyl (C=O) groups excluding carboxylic acids is 1. The van der Waals surface area contributed by atoms with Gasteiger partial charge in [0.15, 0.2) is 5.69 Å². The lowest BCUT2D eigenvalue weighted by Crippen LogP contribution is -2.03. The van der Waals surface area contributed by atoms with Gasteiger partial charge in [-0.05, 0) is 30.2 Å². The minimum Gasteiger partial charge on any atom is -0.476 e. The lowest BCUT2D eigenvalue weighted by Gasteiger charge is -2.04. The normalized spacial score (nSPS) is 13.2. The molecule has 0 saturated heterocycles. The zero-order chi connectivity index (χ0) is 13.6. The molecule has 6 nitrogen and oxygen atoms in total. The van der Waals surface area contributed by atoms with Gasteiger partial charge >= 0.3 is 5.97 Å². The van der Waals surface area contributed by atoms with Crippen molar-refractivity contribution in [2.24, 2.45) is 0 Å². The number of nitrogens with zero attached hydrogens (tertiary/aromatic N) is 1. The predicted octanol–water partition coefficient (Wildman–Crippen LogP) is 1.58. The van der Waals surface area contributed by atoms with Crippen molar-refractivity contribution in [1.29, 1.82) is 0 Å². The summed E-state index contributed by atoms with van der Waals surface area (Å²) in [7, 11) is 0. The molecule has 6 heteroatoms. The summed E-state index contributed by atoms with van der Waals surface area (Å²) in [5, 5.41) is 18.3. The van der Waals surface area contributed by atoms with Crippen LogP contribution in [0, 0.1) is 6.92 Å². The van der Waals surface area contributed by atoms with E-state index in [-0.39, 0.29) is 11.6 Å². The van der Waals surface area contributed by atoms with Crippen LogP contribution in [0.1, 0.15) is 21.7 Å². The fraction of sp³-hybridized carbons (Fsp3) is 0.154. The smallest absolute Gasteiger partial charge is 0.357 e. The number of hydrogen-bond donors (Lipinski definition) is 3. The summed E-state index contributed by atoms with van der Waals surface area (Å²) in [5.41, 5.74) is 3.66. The molecule has 1 aliphatic heterocycles. The van der Waals surface area contributed by atoms with Gasteiger partial charge in [-0.1, -0.05) is 6.07 Å². The topological polar surface area (TPSA) is 95.1 Å². The van der Waals surface area contributed by atoms with Gasteiger partial charge in [-0.25, -0.2) is 4.79 Å². The summed E-state index contributed by atoms with van der Waals surface area (Å²) < 4.78 is 0. The van der Waals surface area contributed by atoms with Gasteiger partial charge in [-0.3, -0.25) is 9.89 Å². The summed E-state index contributed by atoms with van der Waals surface area (Å²) in [6.07, 6.45) is 0.322. The molecule has 0 spiro atoms. The molecule has 1 aromatic heterocycles. The summed E-state index contributed by atoms with van der Waals surface area (Å²) in [6, 6.07) is 5.40. The van der Waals surface area contributed by atoms with E-state index in [1.54, 1.807) is 19.1 Å². The van der Waals surface area contributed by atoms with Crippen LogP contribution in [0.3, 0.4) is 0 Å². The van der Waals surface area contributed by atoms with E-state index in [1.807, 2.05) is 6.07 Å². The largest absolute Gasteiger partial charge is 0.476 e. The number of carbonyl (C=O) groups is 2. The second kappa shape index (κ2) is 3.94. The van der Waals surface area contributed by atoms with Crippen molar-refractivity contribution in [3.05, 3.63) is 35.2 Å². The SMILES string of the molecule is Cc1[nH]nc(C(=O)O)c1-c1ccc2c(c1)CC(=O)N2. The molecule has 1 amide bonds. The Kier molecular flexibility index (Phi) is 2.38. The number of carboxylic acids is 1. The average molecular weight is 257 g/mol. The Hall–Kier alpha value is -2.63. The van der Waals surface area contributed by atoms with Gasteiger partial charge in [0, 0.05) is 16.9 Å². The molecule has 96 valence electrons. The van der Waals surface area contributed by atoms with Gasteiger partial charge < -0.3 is 10.4 Å². The Morgan fingerprint density at radius 3 is 2.95 bits per heavy atom. The van der Waals surface area contributed by atoms with Crippen LogP contribution in [0.5, 0.6) is 0 Å². The number of aryl methyl sites for hydroxylation is 1. The number of anilines is 1. The number of H-pyrrole nitrogens is 1. The Labute approximate surface area is 108 Å². The molecule has 0 fully saturated rings. The highest BCUT2D eigenvalue weighted by Crippen LogP contribution is 2.31. The van der Waals surface area contributed by atoms with E-state index >= 15 is 0 Å². The minimum absolute atomic E-state index is 0.00488. The second-order valence-electron chi connectivity index (χ2n) is 4.47. The van der Waals surface area contributed by atoms with Crippen LogP contribution >= 0.6 is 0 Å². The number of benzene rings is 1. The number of aromatic nitrogens is 2. The number of rotatable bonds is 2. The van der Waals surface area contributed by atoms with Crippen molar-refractivity contribution in [3.8, 4) is 11.1 Å². The molecule has 0 radical (unpaired) electrons. The van der Waals surface area contributed by atoms with E-state index < -0.39 is 5.97 Å². The number of aromatic amines is 1. The van der Waals surface area contributed by atoms with Crippen molar-refractivity contribution in [1.82, 2.24) is 10.2 Å². The quantitative estimate of drug-likeness (QED) is 0.761. The Balaban J connectivity index is 2.14. The lowest BCUT2D eigenvalue weighted by atomic mass is 10.00. The van der Waals surface area contributed by atoms with Gasteiger partial charge in [0.2, 0.25) is 5.91 Å². The van der Waals surface area contributed by atoms with E-state index in [4.69, 9.17) is 5.11 Å². The fourth-order valence-corrected chi connectivity index (χ4v) is 2.32. The average Bonchev–Trinajstić information content (AvgIpc) is 2.89. The number of aromatic carboxylic acids is 1. The van der Waals surface area contributed by atoms with Crippen LogP contribution in [0.25, 0.3) is 11.1 Å². The predicted molar refractivity (Wildman–Crippen MR) is 68.1 cm³/mol. The first-order chi connectivity index (χ1) is 9.06. The molecule has 19 heavy (non-hydrogen) atoms. The van der Waals surface area contributed by atoms with Gasteiger partial charge in [0.25, 0.3) is 0 Å². The van der Waals surface area contributed by atoms with Crippen molar-refractivity contribution in [3.63, 3.8) is 0 Å². The molecule has 3 N–H and O–H groups in total. The van der Waals surface area contributed by atoms with Crippen molar-refractivity contribution in [2.45, 2.75) is 13.3 Å². The third-order valence-corrected chi connectivity index (χ3v) is 3.17. The van der Waals surface area contributed by atoms with Crippen molar-refractivity contribution < 1.29 is 14.7 Å². The number of amides is 1. The molecule has 0 aliphatic carbocycles. The summed E-state index contributed by atoms with van der Waals surface area (Å²) in [6.45, 7) is 1.77. The van der Waals surface area contributed by atoms with E-state index in [1.165, 1.54) is 0 Å². The third kappa shape index (κ3) is 1.77. The molecular weight excluding hydrogens is 246 g/mol. The minimum atomic E-state index is -1.07. The molecule has 3 rings (SSSR count). The number of hydrogen-bond acceptors (Lipinski definition) is 3. The second-order valence-corrected chi connectivity index (χ2v) is 4.47. The molecule has 0 unspecified atom stereocenters. The van der Waals surface area contributed by atoms with Crippen LogP contribution in [0.4, 0.5) is 5.69 Å². The summed E-state index contributed by atoms with van der Waals surface area (Å²) in [4.78, 5) is 22.5. The Bertz CT molecular complexity index is 703. The highest BCUT2D eigenvalue weighted by molar-refractivity contribution is 6.00. The number of nitrogens with one attached hydrogen (secondary N) is 2. The third-order valence-electron chi connectivity index (χ3n) is 3.17. The van der Waals surface area contributed by atoms with E-state index in [0.29, 0.717) is 17.7 Å². The standard InChI is InChI=1S/C13H11N3O3/c1-6-11(12(13(18)19)16-15-6)7-2-3-9-8(4-7)5-10(17)14-9/h2-4H,5H2,1H3,(H,14,17)(H,15,16)(H,18,19). The van der Waals surface area contributed by atoms with E-state index in [9.17, 15) is 9.59 Å². The summed E-state index contributed by atoms with van der Waals surface area (Å²) in [5.74, 6) is -1.12. The van der Waals surface area contributed by atoms with Crippen LogP contribution in [-0.4, -0.2) is 27.2 Å². The molecule has 1 aromatic carbocycles. The van der Waals surface area contributed by atoms with Gasteiger partial charge in [-0.2, -0.15) is 5.10 Å². The molecule has 0 bridgehead atoms. The highest BCUT2D eigenvalue weighted by Gasteiger charge is 2.22. The monoisotopic (exact) mass is 257 g/mol. The van der Waals surface area contributed by atoms with Crippen LogP contribution < -0.4 is 5.32 Å². The van der Waals surface area contributed by atoms with Crippen molar-refractivity contribution >= 4 is 17.6 Å². The zero-order valence-corrected chi connectivity index (χ0v) is 10.2. The maximum Gasteiger partial charge on any atom is 0.357 e. The molecule has 0 atom stereocenters. The maximum absolute atomic E-state index is 11.3. The Morgan fingerprint density at radius 2 is 2.21 bits per heavy atom. The van der Waals surface area contributed by atoms with E-state index in [0.717, 1.165) is 16.8 Å². The molecule has 0 saturated carbocycles. The first kappa shape index (κ1) is 11.5. The van der Waals surface area contributed by atoms with Gasteiger partial charge in [0.05, 0.1) is 6.42 Å². The van der Waals surface area contributed by atoms with Crippen LogP contribution in [0.15, 0.2) is 18.2 Å². The van der Waals surface area contributed by atoms with Gasteiger partial charge in [-0.15, -0.1) is 0 Å². The van der Waals surface area contributed by atoms with Gasteiger partial charge in [0.1, 0.15) is 0 Å². The number of fused-ring (bicyclic) bond motifs is 1.